The predicted octanol–water partition coefficient (Wildman–Crippen LogP) is 1.80. The highest BCUT2D eigenvalue weighted by Gasteiger charge is 2.17. The number of alkyl halides is 2. The van der Waals surface area contributed by atoms with Crippen LogP contribution >= 0.6 is 0 Å². The molecule has 0 rings (SSSR count). The minimum absolute atomic E-state index is 0.112. The summed E-state index contributed by atoms with van der Waals surface area (Å²) in [6, 6.07) is -1.31. The van der Waals surface area contributed by atoms with Crippen LogP contribution in [0.5, 0.6) is 0 Å². The van der Waals surface area contributed by atoms with Crippen molar-refractivity contribution < 1.29 is 8.78 Å². The first kappa shape index (κ1) is 7.46. The molecule has 0 saturated carbocycles. The number of halogens is 2. The van der Waals surface area contributed by atoms with E-state index in [0.29, 0.717) is 0 Å². The Balaban J connectivity index is 3.51. The summed E-state index contributed by atoms with van der Waals surface area (Å²) in [7, 11) is 0. The average Bonchev–Trinajstić information content (AvgIpc) is 1.69. The monoisotopic (exact) mass is 123 g/mol. The molecule has 0 fully saturated rings. The van der Waals surface area contributed by atoms with Gasteiger partial charge < -0.3 is 0 Å². The van der Waals surface area contributed by atoms with E-state index in [0.717, 1.165) is 0 Å². The summed E-state index contributed by atoms with van der Waals surface area (Å²) in [6.45, 7) is 1.50. The van der Waals surface area contributed by atoms with Crippen LogP contribution in [-0.4, -0.2) is 12.5 Å². The molecule has 48 valence electrons. The molecule has 0 aliphatic rings. The summed E-state index contributed by atoms with van der Waals surface area (Å²) in [5, 5.41) is 2.21. The van der Waals surface area contributed by atoms with Crippen LogP contribution in [0.3, 0.4) is 0 Å². The zero-order valence-electron chi connectivity index (χ0n) is 4.47. The third kappa shape index (κ3) is 1.95. The molecule has 1 atom stereocenters. The lowest BCUT2D eigenvalue weighted by Gasteiger charge is -2.00. The summed E-state index contributed by atoms with van der Waals surface area (Å²) in [6.07, 6.45) is -2.49. The molecule has 1 unspecified atom stereocenters. The van der Waals surface area contributed by atoms with Crippen LogP contribution in [0.25, 0.3) is 0 Å². The Hall–Kier alpha value is -0.540. The lowest BCUT2D eigenvalue weighted by atomic mass is 10.2. The van der Waals surface area contributed by atoms with Crippen molar-refractivity contribution in [2.75, 3.05) is 0 Å². The Morgan fingerprint density at radius 1 is 1.62 bits per heavy atom. The van der Waals surface area contributed by atoms with E-state index in [1.165, 1.54) is 6.92 Å². The Morgan fingerprint density at radius 2 is 2.12 bits per heavy atom. The molecule has 0 aromatic heterocycles. The molecule has 0 heterocycles. The van der Waals surface area contributed by atoms with Gasteiger partial charge in [-0.05, 0) is 6.42 Å². The van der Waals surface area contributed by atoms with Gasteiger partial charge in [-0.2, -0.15) is 4.91 Å². The number of rotatable bonds is 3. The van der Waals surface area contributed by atoms with E-state index < -0.39 is 12.5 Å². The maximum absolute atomic E-state index is 11.4. The average molecular weight is 123 g/mol. The van der Waals surface area contributed by atoms with Gasteiger partial charge in [0.25, 0.3) is 6.43 Å². The van der Waals surface area contributed by atoms with Crippen LogP contribution < -0.4 is 0 Å². The fraction of sp³-hybridized carbons (Fsp3) is 1.00. The summed E-state index contributed by atoms with van der Waals surface area (Å²) < 4.78 is 22.8. The Bertz CT molecular complexity index is 76.4. The van der Waals surface area contributed by atoms with Crippen molar-refractivity contribution in [1.29, 1.82) is 0 Å². The van der Waals surface area contributed by atoms with Crippen LogP contribution in [0.1, 0.15) is 13.3 Å². The van der Waals surface area contributed by atoms with E-state index in [-0.39, 0.29) is 6.42 Å². The number of nitrogens with zero attached hydrogens (tertiary/aromatic N) is 1. The van der Waals surface area contributed by atoms with E-state index >= 15 is 0 Å². The molecule has 4 heteroatoms. The normalized spacial score (nSPS) is 14.0. The Labute approximate surface area is 45.9 Å². The van der Waals surface area contributed by atoms with Crippen LogP contribution in [0.4, 0.5) is 8.78 Å². The lowest BCUT2D eigenvalue weighted by molar-refractivity contribution is 0.114. The summed E-state index contributed by atoms with van der Waals surface area (Å²) >= 11 is 0. The SMILES string of the molecule is CCC(N=O)C(F)F. The van der Waals surface area contributed by atoms with Gasteiger partial charge in [0.2, 0.25) is 0 Å². The molecule has 0 N–H and O–H groups in total. The summed E-state index contributed by atoms with van der Waals surface area (Å²) in [4.78, 5) is 9.45. The standard InChI is InChI=1S/C4H7F2NO/c1-2-3(7-8)4(5)6/h3-4H,2H2,1H3. The highest BCUT2D eigenvalue weighted by molar-refractivity contribution is 4.64. The van der Waals surface area contributed by atoms with E-state index in [4.69, 9.17) is 0 Å². The molecule has 0 amide bonds. The fourth-order valence-electron chi connectivity index (χ4n) is 0.299. The second-order valence-corrected chi connectivity index (χ2v) is 1.42. The fourth-order valence-corrected chi connectivity index (χ4v) is 0.299. The molecule has 2 nitrogen and oxygen atoms in total. The molecule has 0 radical (unpaired) electrons. The van der Waals surface area contributed by atoms with Crippen molar-refractivity contribution in [2.45, 2.75) is 25.8 Å². The van der Waals surface area contributed by atoms with Crippen molar-refractivity contribution in [3.05, 3.63) is 4.91 Å². The van der Waals surface area contributed by atoms with E-state index in [9.17, 15) is 13.7 Å². The van der Waals surface area contributed by atoms with Crippen molar-refractivity contribution in [3.8, 4) is 0 Å². The van der Waals surface area contributed by atoms with Gasteiger partial charge in [-0.25, -0.2) is 8.78 Å². The van der Waals surface area contributed by atoms with Crippen LogP contribution in [0.2, 0.25) is 0 Å². The first-order valence-electron chi connectivity index (χ1n) is 2.33. The van der Waals surface area contributed by atoms with Gasteiger partial charge in [-0.15, -0.1) is 0 Å². The first-order valence-corrected chi connectivity index (χ1v) is 2.33. The molecule has 0 aromatic carbocycles. The predicted molar refractivity (Wildman–Crippen MR) is 25.9 cm³/mol. The zero-order chi connectivity index (χ0) is 6.57. The third-order valence-electron chi connectivity index (χ3n) is 0.845. The maximum Gasteiger partial charge on any atom is 0.264 e. The van der Waals surface area contributed by atoms with Crippen LogP contribution in [0.15, 0.2) is 5.18 Å². The second-order valence-electron chi connectivity index (χ2n) is 1.42. The summed E-state index contributed by atoms with van der Waals surface area (Å²) in [5.41, 5.74) is 0. The van der Waals surface area contributed by atoms with Crippen molar-refractivity contribution in [1.82, 2.24) is 0 Å². The van der Waals surface area contributed by atoms with E-state index in [1.54, 1.807) is 0 Å². The number of hydrogen-bond acceptors (Lipinski definition) is 2. The molecule has 8 heavy (non-hydrogen) atoms. The minimum Gasteiger partial charge on any atom is -0.208 e. The van der Waals surface area contributed by atoms with Gasteiger partial charge >= 0.3 is 0 Å². The topological polar surface area (TPSA) is 29.4 Å². The smallest absolute Gasteiger partial charge is 0.208 e. The lowest BCUT2D eigenvalue weighted by Crippen LogP contribution is -2.12. The zero-order valence-corrected chi connectivity index (χ0v) is 4.47. The highest BCUT2D eigenvalue weighted by Crippen LogP contribution is 2.07. The van der Waals surface area contributed by atoms with Crippen molar-refractivity contribution >= 4 is 0 Å². The quantitative estimate of drug-likeness (QED) is 0.526. The number of hydrogen-bond donors (Lipinski definition) is 0. The third-order valence-corrected chi connectivity index (χ3v) is 0.845. The van der Waals surface area contributed by atoms with Gasteiger partial charge in [-0.3, -0.25) is 0 Å². The van der Waals surface area contributed by atoms with Crippen LogP contribution in [0, 0.1) is 4.91 Å². The maximum atomic E-state index is 11.4. The first-order chi connectivity index (χ1) is 3.72. The number of nitroso groups, excluding NO2 is 1. The van der Waals surface area contributed by atoms with Crippen LogP contribution in [-0.2, 0) is 0 Å². The van der Waals surface area contributed by atoms with Gasteiger partial charge in [0.1, 0.15) is 0 Å². The second kappa shape index (κ2) is 3.46. The molecular formula is C4H7F2NO. The minimum atomic E-state index is -2.60. The molecule has 0 aliphatic carbocycles. The summed E-state index contributed by atoms with van der Waals surface area (Å²) in [5.74, 6) is 0. The molecule has 0 aromatic rings. The van der Waals surface area contributed by atoms with Crippen molar-refractivity contribution in [3.63, 3.8) is 0 Å². The van der Waals surface area contributed by atoms with E-state index in [2.05, 4.69) is 5.18 Å². The molecule has 0 saturated heterocycles. The Kier molecular flexibility index (Phi) is 3.23. The molecular weight excluding hydrogens is 116 g/mol. The van der Waals surface area contributed by atoms with Crippen molar-refractivity contribution in [2.24, 2.45) is 5.18 Å². The van der Waals surface area contributed by atoms with Gasteiger partial charge in [0.05, 0.1) is 0 Å². The van der Waals surface area contributed by atoms with Gasteiger partial charge in [0, 0.05) is 0 Å². The Morgan fingerprint density at radius 3 is 2.12 bits per heavy atom. The van der Waals surface area contributed by atoms with Gasteiger partial charge in [-0.1, -0.05) is 12.1 Å². The van der Waals surface area contributed by atoms with E-state index in [1.807, 2.05) is 0 Å². The van der Waals surface area contributed by atoms with Gasteiger partial charge in [0.15, 0.2) is 6.04 Å². The molecule has 0 aliphatic heterocycles. The molecule has 0 spiro atoms. The molecule has 0 bridgehead atoms. The largest absolute Gasteiger partial charge is 0.264 e. The highest BCUT2D eigenvalue weighted by atomic mass is 19.3.